The fourth-order valence-electron chi connectivity index (χ4n) is 2.82. The van der Waals surface area contributed by atoms with Crippen molar-refractivity contribution < 1.29 is 19.7 Å². The summed E-state index contributed by atoms with van der Waals surface area (Å²) in [6.45, 7) is 3.96. The van der Waals surface area contributed by atoms with E-state index in [4.69, 9.17) is 9.84 Å². The van der Waals surface area contributed by atoms with Crippen LogP contribution in [0.25, 0.3) is 0 Å². The molecular formula is C19H34O4. The summed E-state index contributed by atoms with van der Waals surface area (Å²) >= 11 is 0. The zero-order valence-corrected chi connectivity index (χ0v) is 14.7. The monoisotopic (exact) mass is 326 g/mol. The number of rotatable bonds is 14. The van der Waals surface area contributed by atoms with Crippen molar-refractivity contribution >= 4 is 5.97 Å². The molecule has 23 heavy (non-hydrogen) atoms. The van der Waals surface area contributed by atoms with Crippen molar-refractivity contribution in [2.75, 3.05) is 0 Å². The average molecular weight is 326 g/mol. The summed E-state index contributed by atoms with van der Waals surface area (Å²) in [6, 6.07) is 0. The summed E-state index contributed by atoms with van der Waals surface area (Å²) in [7, 11) is 0. The van der Waals surface area contributed by atoms with E-state index in [0.29, 0.717) is 0 Å². The Morgan fingerprint density at radius 2 is 1.91 bits per heavy atom. The van der Waals surface area contributed by atoms with E-state index < -0.39 is 12.1 Å². The predicted molar refractivity (Wildman–Crippen MR) is 92.5 cm³/mol. The van der Waals surface area contributed by atoms with Gasteiger partial charge in [-0.15, -0.1) is 0 Å². The molecule has 0 amide bonds. The second-order valence-corrected chi connectivity index (χ2v) is 6.78. The third kappa shape index (κ3) is 9.11. The first-order valence-corrected chi connectivity index (χ1v) is 9.29. The Morgan fingerprint density at radius 1 is 1.17 bits per heavy atom. The smallest absolute Gasteiger partial charge is 0.306 e. The fourth-order valence-corrected chi connectivity index (χ4v) is 2.82. The van der Waals surface area contributed by atoms with Crippen LogP contribution in [0.15, 0.2) is 12.2 Å². The van der Waals surface area contributed by atoms with Crippen molar-refractivity contribution in [3.8, 4) is 0 Å². The summed E-state index contributed by atoms with van der Waals surface area (Å²) in [5.74, 6) is -0.925. The average Bonchev–Trinajstić information content (AvgIpc) is 3.29. The van der Waals surface area contributed by atoms with Gasteiger partial charge in [0.25, 0.3) is 0 Å². The van der Waals surface area contributed by atoms with Crippen LogP contribution in [-0.4, -0.2) is 34.5 Å². The zero-order chi connectivity index (χ0) is 17.1. The Hall–Kier alpha value is -0.870. The summed E-state index contributed by atoms with van der Waals surface area (Å²) in [4.78, 5) is 10.7. The van der Waals surface area contributed by atoms with Gasteiger partial charge in [-0.1, -0.05) is 64.5 Å². The highest BCUT2D eigenvalue weighted by Gasteiger charge is 2.42. The van der Waals surface area contributed by atoms with Crippen molar-refractivity contribution in [3.63, 3.8) is 0 Å². The fraction of sp³-hybridized carbons (Fsp3) is 0.842. The number of unbranched alkanes of at least 4 members (excludes halogenated alkanes) is 6. The lowest BCUT2D eigenvalue weighted by atomic mass is 10.0. The van der Waals surface area contributed by atoms with Crippen LogP contribution in [0.2, 0.25) is 0 Å². The van der Waals surface area contributed by atoms with E-state index in [-0.39, 0.29) is 18.1 Å². The second kappa shape index (κ2) is 11.6. The molecule has 0 aromatic heterocycles. The van der Waals surface area contributed by atoms with E-state index in [1.54, 1.807) is 6.92 Å². The minimum atomic E-state index is -0.697. The van der Waals surface area contributed by atoms with Gasteiger partial charge in [0.1, 0.15) is 12.2 Å². The Labute approximate surface area is 140 Å². The zero-order valence-electron chi connectivity index (χ0n) is 14.7. The van der Waals surface area contributed by atoms with E-state index in [1.807, 2.05) is 6.08 Å². The molecule has 1 rings (SSSR count). The Kier molecular flexibility index (Phi) is 10.2. The SMILES string of the molecule is CCCCCC1OC1C(O)/C=C\CCCCCCC(C)C(=O)O. The lowest BCUT2D eigenvalue weighted by Gasteiger charge is -2.05. The molecule has 4 atom stereocenters. The normalized spacial score (nSPS) is 23.1. The second-order valence-electron chi connectivity index (χ2n) is 6.78. The number of allylic oxidation sites excluding steroid dienone is 1. The largest absolute Gasteiger partial charge is 0.481 e. The van der Waals surface area contributed by atoms with E-state index in [2.05, 4.69) is 13.0 Å². The van der Waals surface area contributed by atoms with Gasteiger partial charge in [-0.05, 0) is 25.7 Å². The van der Waals surface area contributed by atoms with Crippen molar-refractivity contribution in [2.24, 2.45) is 5.92 Å². The number of carboxylic acids is 1. The molecule has 1 fully saturated rings. The van der Waals surface area contributed by atoms with Crippen molar-refractivity contribution in [1.29, 1.82) is 0 Å². The number of carboxylic acid groups (broad SMARTS) is 1. The molecule has 4 heteroatoms. The first-order valence-electron chi connectivity index (χ1n) is 9.29. The summed E-state index contributed by atoms with van der Waals surface area (Å²) in [5, 5.41) is 18.8. The molecule has 1 heterocycles. The highest BCUT2D eigenvalue weighted by atomic mass is 16.6. The van der Waals surface area contributed by atoms with Crippen LogP contribution < -0.4 is 0 Å². The van der Waals surface area contributed by atoms with E-state index in [9.17, 15) is 9.90 Å². The maximum atomic E-state index is 10.7. The Bertz CT molecular complexity index is 353. The van der Waals surface area contributed by atoms with E-state index in [0.717, 1.165) is 44.9 Å². The molecule has 4 unspecified atom stereocenters. The van der Waals surface area contributed by atoms with Gasteiger partial charge in [0.15, 0.2) is 0 Å². The summed E-state index contributed by atoms with van der Waals surface area (Å²) in [6.07, 6.45) is 14.5. The Balaban J connectivity index is 1.95. The highest BCUT2D eigenvalue weighted by Crippen LogP contribution is 2.30. The molecule has 0 spiro atoms. The molecule has 0 saturated carbocycles. The van der Waals surface area contributed by atoms with Gasteiger partial charge in [-0.3, -0.25) is 4.79 Å². The van der Waals surface area contributed by atoms with Crippen LogP contribution in [0, 0.1) is 5.92 Å². The number of hydrogen-bond donors (Lipinski definition) is 2. The van der Waals surface area contributed by atoms with Gasteiger partial charge in [-0.25, -0.2) is 0 Å². The molecule has 1 saturated heterocycles. The highest BCUT2D eigenvalue weighted by molar-refractivity contribution is 5.69. The van der Waals surface area contributed by atoms with Gasteiger partial charge >= 0.3 is 5.97 Å². The molecular weight excluding hydrogens is 292 g/mol. The third-order valence-electron chi connectivity index (χ3n) is 4.56. The standard InChI is InChI=1S/C19H34O4/c1-3-4-9-14-17-18(23-17)16(20)13-11-8-6-5-7-10-12-15(2)19(21)22/h11,13,15-18,20H,3-10,12,14H2,1-2H3,(H,21,22)/b13-11-. The quantitative estimate of drug-likeness (QED) is 0.283. The van der Waals surface area contributed by atoms with Crippen LogP contribution in [-0.2, 0) is 9.53 Å². The number of aliphatic carboxylic acids is 1. The number of ether oxygens (including phenoxy) is 1. The minimum absolute atomic E-state index is 0.0145. The summed E-state index contributed by atoms with van der Waals surface area (Å²) in [5.41, 5.74) is 0. The number of epoxide rings is 1. The lowest BCUT2D eigenvalue weighted by molar-refractivity contribution is -0.141. The first kappa shape index (κ1) is 20.2. The molecule has 1 aliphatic rings. The maximum Gasteiger partial charge on any atom is 0.306 e. The van der Waals surface area contributed by atoms with E-state index >= 15 is 0 Å². The van der Waals surface area contributed by atoms with Crippen LogP contribution in [0.4, 0.5) is 0 Å². The maximum absolute atomic E-state index is 10.7. The number of aliphatic hydroxyl groups is 1. The van der Waals surface area contributed by atoms with Gasteiger partial charge in [0, 0.05) is 0 Å². The molecule has 0 aliphatic carbocycles. The molecule has 0 radical (unpaired) electrons. The van der Waals surface area contributed by atoms with Gasteiger partial charge in [-0.2, -0.15) is 0 Å². The molecule has 4 nitrogen and oxygen atoms in total. The van der Waals surface area contributed by atoms with Gasteiger partial charge in [0.05, 0.1) is 12.0 Å². The minimum Gasteiger partial charge on any atom is -0.481 e. The van der Waals surface area contributed by atoms with Crippen LogP contribution in [0.5, 0.6) is 0 Å². The lowest BCUT2D eigenvalue weighted by Crippen LogP contribution is -2.13. The summed E-state index contributed by atoms with van der Waals surface area (Å²) < 4.78 is 5.53. The predicted octanol–water partition coefficient (Wildman–Crippen LogP) is 4.31. The number of aliphatic hydroxyl groups excluding tert-OH is 1. The third-order valence-corrected chi connectivity index (χ3v) is 4.56. The van der Waals surface area contributed by atoms with Crippen LogP contribution in [0.3, 0.4) is 0 Å². The van der Waals surface area contributed by atoms with E-state index in [1.165, 1.54) is 19.3 Å². The first-order chi connectivity index (χ1) is 11.1. The van der Waals surface area contributed by atoms with Gasteiger partial charge in [0.2, 0.25) is 0 Å². The molecule has 2 N–H and O–H groups in total. The van der Waals surface area contributed by atoms with Crippen LogP contribution >= 0.6 is 0 Å². The van der Waals surface area contributed by atoms with Gasteiger partial charge < -0.3 is 14.9 Å². The molecule has 1 aliphatic heterocycles. The topological polar surface area (TPSA) is 70.1 Å². The Morgan fingerprint density at radius 3 is 2.61 bits per heavy atom. The van der Waals surface area contributed by atoms with Crippen molar-refractivity contribution in [2.45, 2.75) is 96.4 Å². The number of carbonyl (C=O) groups is 1. The van der Waals surface area contributed by atoms with Crippen molar-refractivity contribution in [3.05, 3.63) is 12.2 Å². The molecule has 0 bridgehead atoms. The van der Waals surface area contributed by atoms with Crippen LogP contribution in [0.1, 0.15) is 78.1 Å². The molecule has 0 aromatic rings. The molecule has 134 valence electrons. The molecule has 0 aromatic carbocycles. The number of hydrogen-bond acceptors (Lipinski definition) is 3. The van der Waals surface area contributed by atoms with Crippen molar-refractivity contribution in [1.82, 2.24) is 0 Å².